The van der Waals surface area contributed by atoms with Gasteiger partial charge in [-0.2, -0.15) is 0 Å². The van der Waals surface area contributed by atoms with E-state index in [9.17, 15) is 9.18 Å². The zero-order valence-corrected chi connectivity index (χ0v) is 11.5. The molecule has 21 heavy (non-hydrogen) atoms. The van der Waals surface area contributed by atoms with E-state index >= 15 is 0 Å². The van der Waals surface area contributed by atoms with Crippen LogP contribution in [-0.4, -0.2) is 24.7 Å². The number of carbonyl (C=O) groups is 1. The summed E-state index contributed by atoms with van der Waals surface area (Å²) in [6.45, 7) is -0.268. The van der Waals surface area contributed by atoms with Crippen molar-refractivity contribution in [2.45, 2.75) is 0 Å². The van der Waals surface area contributed by atoms with Crippen LogP contribution in [0.4, 0.5) is 10.1 Å². The molecule has 0 bridgehead atoms. The van der Waals surface area contributed by atoms with Gasteiger partial charge in [-0.05, 0) is 36.4 Å². The molecule has 0 spiro atoms. The van der Waals surface area contributed by atoms with Crippen LogP contribution in [0.15, 0.2) is 48.5 Å². The summed E-state index contributed by atoms with van der Waals surface area (Å²) in [5.41, 5.74) is 1.57. The summed E-state index contributed by atoms with van der Waals surface area (Å²) in [6, 6.07) is 12.6. The summed E-state index contributed by atoms with van der Waals surface area (Å²) >= 11 is 0. The molecule has 0 aliphatic heterocycles. The van der Waals surface area contributed by atoms with Gasteiger partial charge in [-0.3, -0.25) is 4.79 Å². The summed E-state index contributed by atoms with van der Waals surface area (Å²) in [6.07, 6.45) is 0. The summed E-state index contributed by atoms with van der Waals surface area (Å²) in [5, 5.41) is 8.77. The van der Waals surface area contributed by atoms with E-state index in [1.54, 1.807) is 31.3 Å². The Hall–Kier alpha value is -2.64. The third-order valence-electron chi connectivity index (χ3n) is 2.98. The molecule has 3 nitrogen and oxygen atoms in total. The van der Waals surface area contributed by atoms with Crippen LogP contribution >= 0.6 is 0 Å². The molecule has 106 valence electrons. The SMILES string of the molecule is CN(C(=O)c1ccccc1C#CCO)c1ccc(F)cc1. The number of rotatable bonds is 2. The topological polar surface area (TPSA) is 40.5 Å². The van der Waals surface area contributed by atoms with Crippen molar-refractivity contribution in [3.05, 3.63) is 65.5 Å². The molecule has 2 rings (SSSR count). The maximum atomic E-state index is 12.9. The van der Waals surface area contributed by atoms with Crippen LogP contribution in [0.1, 0.15) is 15.9 Å². The lowest BCUT2D eigenvalue weighted by molar-refractivity contribution is 0.0992. The van der Waals surface area contributed by atoms with Crippen molar-refractivity contribution >= 4 is 11.6 Å². The van der Waals surface area contributed by atoms with Gasteiger partial charge in [0.2, 0.25) is 0 Å². The first kappa shape index (κ1) is 14.8. The Morgan fingerprint density at radius 1 is 1.19 bits per heavy atom. The largest absolute Gasteiger partial charge is 0.384 e. The molecule has 0 unspecified atom stereocenters. The van der Waals surface area contributed by atoms with E-state index in [2.05, 4.69) is 11.8 Å². The maximum Gasteiger partial charge on any atom is 0.259 e. The second kappa shape index (κ2) is 6.69. The van der Waals surface area contributed by atoms with Crippen molar-refractivity contribution < 1.29 is 14.3 Å². The molecule has 4 heteroatoms. The zero-order valence-electron chi connectivity index (χ0n) is 11.5. The highest BCUT2D eigenvalue weighted by molar-refractivity contribution is 6.07. The van der Waals surface area contributed by atoms with E-state index in [0.717, 1.165) is 0 Å². The Labute approximate surface area is 122 Å². The van der Waals surface area contributed by atoms with E-state index in [1.807, 2.05) is 0 Å². The first-order valence-electron chi connectivity index (χ1n) is 6.36. The second-order valence-electron chi connectivity index (χ2n) is 4.35. The molecule has 2 aromatic carbocycles. The Morgan fingerprint density at radius 3 is 2.52 bits per heavy atom. The van der Waals surface area contributed by atoms with Crippen molar-refractivity contribution in [2.75, 3.05) is 18.6 Å². The third-order valence-corrected chi connectivity index (χ3v) is 2.98. The smallest absolute Gasteiger partial charge is 0.259 e. The molecule has 2 aromatic rings. The van der Waals surface area contributed by atoms with Crippen molar-refractivity contribution in [1.29, 1.82) is 0 Å². The third kappa shape index (κ3) is 3.47. The molecular weight excluding hydrogens is 269 g/mol. The highest BCUT2D eigenvalue weighted by Gasteiger charge is 2.16. The summed E-state index contributed by atoms with van der Waals surface area (Å²) < 4.78 is 12.9. The van der Waals surface area contributed by atoms with Gasteiger partial charge < -0.3 is 10.0 Å². The van der Waals surface area contributed by atoms with Crippen LogP contribution in [-0.2, 0) is 0 Å². The zero-order chi connectivity index (χ0) is 15.2. The molecule has 0 fully saturated rings. The molecule has 0 heterocycles. The number of nitrogens with zero attached hydrogens (tertiary/aromatic N) is 1. The van der Waals surface area contributed by atoms with Crippen LogP contribution < -0.4 is 4.90 Å². The highest BCUT2D eigenvalue weighted by atomic mass is 19.1. The predicted molar refractivity (Wildman–Crippen MR) is 79.5 cm³/mol. The predicted octanol–water partition coefficient (Wildman–Crippen LogP) is 2.45. The fraction of sp³-hybridized carbons (Fsp3) is 0.118. The van der Waals surface area contributed by atoms with E-state index in [0.29, 0.717) is 16.8 Å². The molecule has 0 saturated heterocycles. The lowest BCUT2D eigenvalue weighted by Gasteiger charge is -2.18. The lowest BCUT2D eigenvalue weighted by Crippen LogP contribution is -2.26. The number of hydrogen-bond acceptors (Lipinski definition) is 2. The van der Waals surface area contributed by atoms with E-state index in [-0.39, 0.29) is 18.3 Å². The van der Waals surface area contributed by atoms with Gasteiger partial charge in [-0.25, -0.2) is 4.39 Å². The van der Waals surface area contributed by atoms with Crippen LogP contribution in [0.5, 0.6) is 0 Å². The molecular formula is C17H14FNO2. The fourth-order valence-electron chi connectivity index (χ4n) is 1.88. The van der Waals surface area contributed by atoms with Gasteiger partial charge in [0.15, 0.2) is 0 Å². The van der Waals surface area contributed by atoms with Gasteiger partial charge in [0.1, 0.15) is 12.4 Å². The minimum Gasteiger partial charge on any atom is -0.384 e. The maximum absolute atomic E-state index is 12.9. The second-order valence-corrected chi connectivity index (χ2v) is 4.35. The first-order valence-corrected chi connectivity index (χ1v) is 6.36. The molecule has 1 N–H and O–H groups in total. The molecule has 0 radical (unpaired) electrons. The van der Waals surface area contributed by atoms with Crippen LogP contribution in [0, 0.1) is 17.7 Å². The molecule has 0 aliphatic rings. The molecule has 0 aromatic heterocycles. The van der Waals surface area contributed by atoms with Crippen molar-refractivity contribution in [3.8, 4) is 11.8 Å². The lowest BCUT2D eigenvalue weighted by atomic mass is 10.1. The Morgan fingerprint density at radius 2 is 1.86 bits per heavy atom. The number of anilines is 1. The van der Waals surface area contributed by atoms with Crippen molar-refractivity contribution in [2.24, 2.45) is 0 Å². The summed E-state index contributed by atoms with van der Waals surface area (Å²) in [7, 11) is 1.62. The number of amides is 1. The normalized spacial score (nSPS) is 9.67. The molecule has 0 aliphatic carbocycles. The number of aliphatic hydroxyl groups is 1. The van der Waals surface area contributed by atoms with Gasteiger partial charge in [-0.15, -0.1) is 0 Å². The highest BCUT2D eigenvalue weighted by Crippen LogP contribution is 2.17. The number of carbonyl (C=O) groups excluding carboxylic acids is 1. The van der Waals surface area contributed by atoms with Gasteiger partial charge in [0.05, 0.1) is 5.56 Å². The van der Waals surface area contributed by atoms with Gasteiger partial charge >= 0.3 is 0 Å². The van der Waals surface area contributed by atoms with Crippen LogP contribution in [0.2, 0.25) is 0 Å². The summed E-state index contributed by atoms with van der Waals surface area (Å²) in [4.78, 5) is 13.9. The number of aliphatic hydroxyl groups excluding tert-OH is 1. The number of hydrogen-bond donors (Lipinski definition) is 1. The van der Waals surface area contributed by atoms with Gasteiger partial charge in [0.25, 0.3) is 5.91 Å². The number of halogens is 1. The summed E-state index contributed by atoms with van der Waals surface area (Å²) in [5.74, 6) is 4.68. The first-order chi connectivity index (χ1) is 10.1. The molecule has 0 saturated carbocycles. The fourth-order valence-corrected chi connectivity index (χ4v) is 1.88. The minimum atomic E-state index is -0.353. The average molecular weight is 283 g/mol. The molecule has 0 atom stereocenters. The Balaban J connectivity index is 2.33. The van der Waals surface area contributed by atoms with Crippen molar-refractivity contribution in [1.82, 2.24) is 0 Å². The van der Waals surface area contributed by atoms with Crippen LogP contribution in [0.25, 0.3) is 0 Å². The van der Waals surface area contributed by atoms with Crippen LogP contribution in [0.3, 0.4) is 0 Å². The standard InChI is InChI=1S/C17H14FNO2/c1-19(15-10-8-14(18)9-11-15)17(21)16-7-3-2-5-13(16)6-4-12-20/h2-3,5,7-11,20H,12H2,1H3. The monoisotopic (exact) mass is 283 g/mol. The van der Waals surface area contributed by atoms with Crippen molar-refractivity contribution in [3.63, 3.8) is 0 Å². The quantitative estimate of drug-likeness (QED) is 0.860. The molecule has 1 amide bonds. The van der Waals surface area contributed by atoms with Gasteiger partial charge in [0, 0.05) is 18.3 Å². The van der Waals surface area contributed by atoms with Gasteiger partial charge in [-0.1, -0.05) is 24.0 Å². The minimum absolute atomic E-state index is 0.246. The van der Waals surface area contributed by atoms with E-state index in [1.165, 1.54) is 29.2 Å². The Kier molecular flexibility index (Phi) is 4.70. The van der Waals surface area contributed by atoms with E-state index in [4.69, 9.17) is 5.11 Å². The Bertz CT molecular complexity index is 699. The number of benzene rings is 2. The average Bonchev–Trinajstić information content (AvgIpc) is 2.52. The van der Waals surface area contributed by atoms with E-state index < -0.39 is 0 Å².